The molecule has 0 radical (unpaired) electrons. The van der Waals surface area contributed by atoms with E-state index in [2.05, 4.69) is 22.0 Å². The minimum Gasteiger partial charge on any atom is -0.378 e. The highest BCUT2D eigenvalue weighted by molar-refractivity contribution is 6.37. The Hall–Kier alpha value is -3.40. The van der Waals surface area contributed by atoms with Crippen LogP contribution in [-0.4, -0.2) is 25.0 Å². The number of amides is 1. The molecule has 2 heterocycles. The molecule has 0 N–H and O–H groups in total. The first-order valence-electron chi connectivity index (χ1n) is 8.48. The van der Waals surface area contributed by atoms with Gasteiger partial charge in [0.2, 0.25) is 0 Å². The third-order valence-electron chi connectivity index (χ3n) is 4.51. The topological polar surface area (TPSA) is 36.4 Å². The van der Waals surface area contributed by atoms with Gasteiger partial charge in [0.15, 0.2) is 0 Å². The number of hydrogen-bond acceptors (Lipinski definition) is 3. The zero-order valence-electron chi connectivity index (χ0n) is 14.8. The lowest BCUT2D eigenvalue weighted by Crippen LogP contribution is -2.20. The van der Waals surface area contributed by atoms with Crippen LogP contribution in [0.3, 0.4) is 0 Å². The number of aromatic nitrogens is 1. The molecule has 0 saturated heterocycles. The van der Waals surface area contributed by atoms with Crippen molar-refractivity contribution >= 4 is 34.6 Å². The summed E-state index contributed by atoms with van der Waals surface area (Å²) in [5.74, 6) is -0.0194. The van der Waals surface area contributed by atoms with Gasteiger partial charge in [-0.3, -0.25) is 14.7 Å². The highest BCUT2D eigenvalue weighted by atomic mass is 16.2. The molecule has 26 heavy (non-hydrogen) atoms. The normalized spacial score (nSPS) is 14.6. The van der Waals surface area contributed by atoms with E-state index in [-0.39, 0.29) is 5.91 Å². The molecular weight excluding hydrogens is 322 g/mol. The van der Waals surface area contributed by atoms with E-state index in [0.29, 0.717) is 5.57 Å². The Bertz CT molecular complexity index is 976. The number of para-hydroxylation sites is 1. The van der Waals surface area contributed by atoms with Crippen molar-refractivity contribution in [3.63, 3.8) is 0 Å². The Morgan fingerprint density at radius 1 is 0.923 bits per heavy atom. The van der Waals surface area contributed by atoms with E-state index < -0.39 is 0 Å². The van der Waals surface area contributed by atoms with Crippen molar-refractivity contribution in [2.24, 2.45) is 0 Å². The summed E-state index contributed by atoms with van der Waals surface area (Å²) in [5.41, 5.74) is 5.51. The summed E-state index contributed by atoms with van der Waals surface area (Å²) in [6, 6.07) is 19.8. The van der Waals surface area contributed by atoms with Gasteiger partial charge in [-0.2, -0.15) is 0 Å². The Kier molecular flexibility index (Phi) is 4.01. The number of fused-ring (bicyclic) bond motifs is 1. The SMILES string of the molecule is CN(C)c1ccc(/C=C2\C(=O)N(c3ccncc3)c3ccccc32)cc1. The molecule has 4 nitrogen and oxygen atoms in total. The standard InChI is InChI=1S/C22H19N3O/c1-24(2)17-9-7-16(8-10-17)15-20-19-5-3-4-6-21(19)25(22(20)26)18-11-13-23-14-12-18/h3-15H,1-2H3/b20-15-. The number of nitrogens with zero attached hydrogens (tertiary/aromatic N) is 3. The van der Waals surface area contributed by atoms with Gasteiger partial charge in [0.25, 0.3) is 5.91 Å². The van der Waals surface area contributed by atoms with Gasteiger partial charge in [-0.1, -0.05) is 30.3 Å². The van der Waals surface area contributed by atoms with Gasteiger partial charge in [-0.25, -0.2) is 0 Å². The molecule has 1 aliphatic heterocycles. The van der Waals surface area contributed by atoms with Crippen molar-refractivity contribution in [1.82, 2.24) is 4.98 Å². The number of benzene rings is 2. The van der Waals surface area contributed by atoms with E-state index in [0.717, 1.165) is 28.2 Å². The lowest BCUT2D eigenvalue weighted by molar-refractivity contribution is -0.112. The summed E-state index contributed by atoms with van der Waals surface area (Å²) in [5, 5.41) is 0. The number of carbonyl (C=O) groups is 1. The number of rotatable bonds is 3. The molecule has 0 saturated carbocycles. The van der Waals surface area contributed by atoms with Gasteiger partial charge < -0.3 is 4.90 Å². The van der Waals surface area contributed by atoms with Crippen LogP contribution in [0.25, 0.3) is 11.6 Å². The molecule has 0 bridgehead atoms. The number of hydrogen-bond donors (Lipinski definition) is 0. The fourth-order valence-electron chi connectivity index (χ4n) is 3.17. The first kappa shape index (κ1) is 16.1. The Balaban J connectivity index is 1.79. The summed E-state index contributed by atoms with van der Waals surface area (Å²) in [6.45, 7) is 0. The average Bonchev–Trinajstić information content (AvgIpc) is 2.95. The maximum atomic E-state index is 13.2. The number of carbonyl (C=O) groups excluding carboxylic acids is 1. The van der Waals surface area contributed by atoms with E-state index in [1.54, 1.807) is 17.3 Å². The minimum atomic E-state index is -0.0194. The van der Waals surface area contributed by atoms with Crippen LogP contribution in [-0.2, 0) is 4.79 Å². The molecule has 4 heteroatoms. The summed E-state index contributed by atoms with van der Waals surface area (Å²) in [4.78, 5) is 21.0. The maximum absolute atomic E-state index is 13.2. The van der Waals surface area contributed by atoms with Crippen LogP contribution in [0.15, 0.2) is 73.1 Å². The molecule has 1 aromatic heterocycles. The Morgan fingerprint density at radius 3 is 2.31 bits per heavy atom. The summed E-state index contributed by atoms with van der Waals surface area (Å²) < 4.78 is 0. The van der Waals surface area contributed by atoms with Gasteiger partial charge in [0.1, 0.15) is 0 Å². The fourth-order valence-corrected chi connectivity index (χ4v) is 3.17. The zero-order chi connectivity index (χ0) is 18.1. The monoisotopic (exact) mass is 341 g/mol. The Labute approximate surface area is 153 Å². The third kappa shape index (κ3) is 2.75. The van der Waals surface area contributed by atoms with Crippen LogP contribution in [0.5, 0.6) is 0 Å². The van der Waals surface area contributed by atoms with Gasteiger partial charge in [0, 0.05) is 37.7 Å². The van der Waals surface area contributed by atoms with Crippen LogP contribution in [0.2, 0.25) is 0 Å². The summed E-state index contributed by atoms with van der Waals surface area (Å²) in [7, 11) is 4.02. The van der Waals surface area contributed by atoms with Crippen molar-refractivity contribution in [3.8, 4) is 0 Å². The maximum Gasteiger partial charge on any atom is 0.263 e. The largest absolute Gasteiger partial charge is 0.378 e. The summed E-state index contributed by atoms with van der Waals surface area (Å²) in [6.07, 6.45) is 5.36. The number of anilines is 3. The predicted molar refractivity (Wildman–Crippen MR) is 106 cm³/mol. The highest BCUT2D eigenvalue weighted by Crippen LogP contribution is 2.41. The average molecular weight is 341 g/mol. The van der Waals surface area contributed by atoms with Crippen LogP contribution in [0, 0.1) is 0 Å². The van der Waals surface area contributed by atoms with Crippen molar-refractivity contribution in [3.05, 3.63) is 84.2 Å². The highest BCUT2D eigenvalue weighted by Gasteiger charge is 2.33. The van der Waals surface area contributed by atoms with Crippen LogP contribution < -0.4 is 9.80 Å². The minimum absolute atomic E-state index is 0.0194. The van der Waals surface area contributed by atoms with E-state index in [9.17, 15) is 4.79 Å². The zero-order valence-corrected chi connectivity index (χ0v) is 14.8. The molecule has 4 rings (SSSR count). The molecule has 128 valence electrons. The molecular formula is C22H19N3O. The van der Waals surface area contributed by atoms with Gasteiger partial charge in [-0.05, 0) is 42.0 Å². The second kappa shape index (κ2) is 6.48. The molecule has 3 aromatic rings. The molecule has 1 aliphatic rings. The first-order valence-corrected chi connectivity index (χ1v) is 8.48. The van der Waals surface area contributed by atoms with Crippen LogP contribution >= 0.6 is 0 Å². The molecule has 1 amide bonds. The quantitative estimate of drug-likeness (QED) is 0.664. The van der Waals surface area contributed by atoms with Crippen molar-refractivity contribution < 1.29 is 4.79 Å². The fraction of sp³-hybridized carbons (Fsp3) is 0.0909. The van der Waals surface area contributed by atoms with E-state index in [1.807, 2.05) is 68.7 Å². The smallest absolute Gasteiger partial charge is 0.263 e. The first-order chi connectivity index (χ1) is 12.6. The van der Waals surface area contributed by atoms with Crippen molar-refractivity contribution in [2.45, 2.75) is 0 Å². The van der Waals surface area contributed by atoms with E-state index >= 15 is 0 Å². The van der Waals surface area contributed by atoms with Gasteiger partial charge >= 0.3 is 0 Å². The van der Waals surface area contributed by atoms with Gasteiger partial charge in [0.05, 0.1) is 16.9 Å². The van der Waals surface area contributed by atoms with Gasteiger partial charge in [-0.15, -0.1) is 0 Å². The third-order valence-corrected chi connectivity index (χ3v) is 4.51. The Morgan fingerprint density at radius 2 is 1.62 bits per heavy atom. The molecule has 0 fully saturated rings. The van der Waals surface area contributed by atoms with Crippen molar-refractivity contribution in [2.75, 3.05) is 23.9 Å². The molecule has 0 spiro atoms. The summed E-state index contributed by atoms with van der Waals surface area (Å²) >= 11 is 0. The number of pyridine rings is 1. The lowest BCUT2D eigenvalue weighted by atomic mass is 10.0. The van der Waals surface area contributed by atoms with E-state index in [1.165, 1.54) is 0 Å². The van der Waals surface area contributed by atoms with Crippen molar-refractivity contribution in [1.29, 1.82) is 0 Å². The molecule has 2 aromatic carbocycles. The predicted octanol–water partition coefficient (Wildman–Crippen LogP) is 4.37. The second-order valence-corrected chi connectivity index (χ2v) is 6.41. The molecule has 0 unspecified atom stereocenters. The second-order valence-electron chi connectivity index (χ2n) is 6.41. The van der Waals surface area contributed by atoms with E-state index in [4.69, 9.17) is 0 Å². The molecule has 0 atom stereocenters. The molecule has 0 aliphatic carbocycles. The lowest BCUT2D eigenvalue weighted by Gasteiger charge is -2.16. The van der Waals surface area contributed by atoms with Crippen LogP contribution in [0.1, 0.15) is 11.1 Å². The van der Waals surface area contributed by atoms with Crippen LogP contribution in [0.4, 0.5) is 17.1 Å².